The van der Waals surface area contributed by atoms with Gasteiger partial charge in [-0.1, -0.05) is 12.1 Å². The van der Waals surface area contributed by atoms with Crippen molar-refractivity contribution in [2.24, 2.45) is 0 Å². The van der Waals surface area contributed by atoms with Gasteiger partial charge in [-0.2, -0.15) is 15.0 Å². The molecule has 0 saturated carbocycles. The average molecular weight is 215 g/mol. The van der Waals surface area contributed by atoms with Crippen molar-refractivity contribution >= 4 is 6.29 Å². The Labute approximate surface area is 93.9 Å². The van der Waals surface area contributed by atoms with Crippen LogP contribution in [0.3, 0.4) is 0 Å². The minimum Gasteiger partial charge on any atom is -0.303 e. The van der Waals surface area contributed by atoms with E-state index in [1.807, 2.05) is 31.2 Å². The summed E-state index contributed by atoms with van der Waals surface area (Å²) in [5, 5.41) is 8.35. The first-order valence-electron chi connectivity index (χ1n) is 5.21. The van der Waals surface area contributed by atoms with Gasteiger partial charge in [-0.15, -0.1) is 0 Å². The van der Waals surface area contributed by atoms with Crippen molar-refractivity contribution in [1.82, 2.24) is 15.0 Å². The molecule has 2 aromatic rings. The molecular formula is C12H13N3O. The van der Waals surface area contributed by atoms with Gasteiger partial charge >= 0.3 is 0 Å². The van der Waals surface area contributed by atoms with Crippen LogP contribution in [0.15, 0.2) is 30.5 Å². The number of aromatic nitrogens is 3. The number of aldehydes is 1. The number of carbonyl (C=O) groups is 1. The summed E-state index contributed by atoms with van der Waals surface area (Å²) in [6.45, 7) is 1.90. The molecule has 0 aliphatic carbocycles. The zero-order chi connectivity index (χ0) is 11.4. The molecule has 0 spiro atoms. The standard InChI is InChI=1S/C12H13N3O/c1-10-9-13-15(14-10)12-6-4-11(5-7-12)3-2-8-16/h4-9H,2-3H2,1H3. The van der Waals surface area contributed by atoms with Crippen LogP contribution in [0.25, 0.3) is 5.69 Å². The first-order chi connectivity index (χ1) is 7.79. The molecule has 0 aliphatic heterocycles. The quantitative estimate of drug-likeness (QED) is 0.729. The molecule has 16 heavy (non-hydrogen) atoms. The highest BCUT2D eigenvalue weighted by molar-refractivity contribution is 5.50. The molecule has 2 rings (SSSR count). The Balaban J connectivity index is 2.15. The van der Waals surface area contributed by atoms with E-state index in [-0.39, 0.29) is 0 Å². The minimum atomic E-state index is 0.568. The molecule has 0 aliphatic rings. The highest BCUT2D eigenvalue weighted by atomic mass is 16.1. The molecule has 0 fully saturated rings. The Morgan fingerprint density at radius 2 is 2.06 bits per heavy atom. The first kappa shape index (κ1) is 10.5. The van der Waals surface area contributed by atoms with Crippen LogP contribution in [0, 0.1) is 6.92 Å². The van der Waals surface area contributed by atoms with Gasteiger partial charge in [-0.3, -0.25) is 0 Å². The van der Waals surface area contributed by atoms with Gasteiger partial charge in [0.25, 0.3) is 0 Å². The molecule has 4 heteroatoms. The minimum absolute atomic E-state index is 0.568. The number of nitrogens with zero attached hydrogens (tertiary/aromatic N) is 3. The van der Waals surface area contributed by atoms with Gasteiger partial charge in [0.05, 0.1) is 17.6 Å². The number of rotatable bonds is 4. The fourth-order valence-electron chi connectivity index (χ4n) is 1.49. The van der Waals surface area contributed by atoms with Crippen LogP contribution in [0.2, 0.25) is 0 Å². The lowest BCUT2D eigenvalue weighted by Gasteiger charge is -2.01. The Bertz CT molecular complexity index is 473. The SMILES string of the molecule is Cc1cnn(-c2ccc(CCC=O)cc2)n1. The molecule has 1 aromatic carbocycles. The monoisotopic (exact) mass is 215 g/mol. The fourth-order valence-corrected chi connectivity index (χ4v) is 1.49. The Kier molecular flexibility index (Phi) is 3.10. The molecule has 1 heterocycles. The van der Waals surface area contributed by atoms with Crippen molar-refractivity contribution in [2.75, 3.05) is 0 Å². The van der Waals surface area contributed by atoms with Crippen LogP contribution >= 0.6 is 0 Å². The van der Waals surface area contributed by atoms with E-state index in [0.29, 0.717) is 6.42 Å². The van der Waals surface area contributed by atoms with Crippen LogP contribution in [0.5, 0.6) is 0 Å². The number of aryl methyl sites for hydroxylation is 2. The molecule has 0 radical (unpaired) electrons. The number of hydrogen-bond acceptors (Lipinski definition) is 3. The largest absolute Gasteiger partial charge is 0.303 e. The molecular weight excluding hydrogens is 202 g/mol. The van der Waals surface area contributed by atoms with E-state index >= 15 is 0 Å². The second kappa shape index (κ2) is 4.70. The summed E-state index contributed by atoms with van der Waals surface area (Å²) in [7, 11) is 0. The predicted octanol–water partition coefficient (Wildman–Crippen LogP) is 1.71. The molecule has 0 saturated heterocycles. The second-order valence-electron chi connectivity index (χ2n) is 3.65. The highest BCUT2D eigenvalue weighted by Crippen LogP contribution is 2.09. The maximum absolute atomic E-state index is 10.2. The molecule has 0 bridgehead atoms. The Hall–Kier alpha value is -1.97. The van der Waals surface area contributed by atoms with Crippen LogP contribution in [-0.2, 0) is 11.2 Å². The van der Waals surface area contributed by atoms with Gasteiger partial charge in [0, 0.05) is 6.42 Å². The molecule has 0 atom stereocenters. The lowest BCUT2D eigenvalue weighted by Crippen LogP contribution is -1.98. The van der Waals surface area contributed by atoms with Crippen molar-refractivity contribution in [3.05, 3.63) is 41.7 Å². The zero-order valence-electron chi connectivity index (χ0n) is 9.13. The van der Waals surface area contributed by atoms with Crippen LogP contribution in [0.4, 0.5) is 0 Å². The third-order valence-corrected chi connectivity index (χ3v) is 2.32. The van der Waals surface area contributed by atoms with E-state index in [1.54, 1.807) is 11.0 Å². The van der Waals surface area contributed by atoms with Crippen LogP contribution in [0.1, 0.15) is 17.7 Å². The molecule has 82 valence electrons. The third kappa shape index (κ3) is 2.34. The summed E-state index contributed by atoms with van der Waals surface area (Å²) in [6, 6.07) is 7.91. The summed E-state index contributed by atoms with van der Waals surface area (Å²) in [5.74, 6) is 0. The number of hydrogen-bond donors (Lipinski definition) is 0. The molecule has 0 amide bonds. The highest BCUT2D eigenvalue weighted by Gasteiger charge is 1.99. The molecule has 4 nitrogen and oxygen atoms in total. The van der Waals surface area contributed by atoms with Gasteiger partial charge in [0.15, 0.2) is 0 Å². The van der Waals surface area contributed by atoms with Gasteiger partial charge in [-0.25, -0.2) is 0 Å². The van der Waals surface area contributed by atoms with E-state index in [4.69, 9.17) is 0 Å². The van der Waals surface area contributed by atoms with Gasteiger partial charge in [0.2, 0.25) is 0 Å². The maximum atomic E-state index is 10.2. The van der Waals surface area contributed by atoms with Crippen molar-refractivity contribution in [1.29, 1.82) is 0 Å². The van der Waals surface area contributed by atoms with Crippen LogP contribution in [-0.4, -0.2) is 21.3 Å². The zero-order valence-corrected chi connectivity index (χ0v) is 9.13. The lowest BCUT2D eigenvalue weighted by atomic mass is 10.1. The van der Waals surface area contributed by atoms with Crippen molar-refractivity contribution in [2.45, 2.75) is 19.8 Å². The second-order valence-corrected chi connectivity index (χ2v) is 3.65. The topological polar surface area (TPSA) is 47.8 Å². The van der Waals surface area contributed by atoms with E-state index in [0.717, 1.165) is 29.7 Å². The van der Waals surface area contributed by atoms with Gasteiger partial charge in [-0.05, 0) is 31.0 Å². The fraction of sp³-hybridized carbons (Fsp3) is 0.250. The van der Waals surface area contributed by atoms with Crippen molar-refractivity contribution in [3.8, 4) is 5.69 Å². The van der Waals surface area contributed by atoms with E-state index in [2.05, 4.69) is 10.2 Å². The van der Waals surface area contributed by atoms with E-state index < -0.39 is 0 Å². The lowest BCUT2D eigenvalue weighted by molar-refractivity contribution is -0.107. The maximum Gasteiger partial charge on any atom is 0.120 e. The summed E-state index contributed by atoms with van der Waals surface area (Å²) in [4.78, 5) is 11.8. The Morgan fingerprint density at radius 3 is 2.62 bits per heavy atom. The van der Waals surface area contributed by atoms with Crippen molar-refractivity contribution in [3.63, 3.8) is 0 Å². The first-order valence-corrected chi connectivity index (χ1v) is 5.21. The summed E-state index contributed by atoms with van der Waals surface area (Å²) in [5.41, 5.74) is 2.98. The number of carbonyl (C=O) groups excluding carboxylic acids is 1. The summed E-state index contributed by atoms with van der Waals surface area (Å²) in [6.07, 6.45) is 4.01. The van der Waals surface area contributed by atoms with Crippen LogP contribution < -0.4 is 0 Å². The third-order valence-electron chi connectivity index (χ3n) is 2.32. The van der Waals surface area contributed by atoms with Gasteiger partial charge in [0.1, 0.15) is 6.29 Å². The summed E-state index contributed by atoms with van der Waals surface area (Å²) >= 11 is 0. The number of benzene rings is 1. The van der Waals surface area contributed by atoms with E-state index in [9.17, 15) is 4.79 Å². The molecule has 1 aromatic heterocycles. The van der Waals surface area contributed by atoms with E-state index in [1.165, 1.54) is 0 Å². The molecule has 0 unspecified atom stereocenters. The average Bonchev–Trinajstić information content (AvgIpc) is 2.74. The van der Waals surface area contributed by atoms with Gasteiger partial charge < -0.3 is 4.79 Å². The predicted molar refractivity (Wildman–Crippen MR) is 60.5 cm³/mol. The normalized spacial score (nSPS) is 10.3. The Morgan fingerprint density at radius 1 is 1.31 bits per heavy atom. The summed E-state index contributed by atoms with van der Waals surface area (Å²) < 4.78 is 0. The molecule has 0 N–H and O–H groups in total. The smallest absolute Gasteiger partial charge is 0.120 e. The van der Waals surface area contributed by atoms with Crippen molar-refractivity contribution < 1.29 is 4.79 Å².